The molecule has 1 fully saturated rings. The maximum absolute atomic E-state index is 13.5. The smallest absolute Gasteiger partial charge is 0.262 e. The van der Waals surface area contributed by atoms with Crippen LogP contribution in [0.2, 0.25) is 0 Å². The van der Waals surface area contributed by atoms with E-state index < -0.39 is 0 Å². The first kappa shape index (κ1) is 24.5. The zero-order valence-electron chi connectivity index (χ0n) is 20.4. The van der Waals surface area contributed by atoms with Crippen LogP contribution in [0.1, 0.15) is 53.7 Å². The molecule has 0 radical (unpaired) electrons. The van der Waals surface area contributed by atoms with E-state index in [0.717, 1.165) is 19.4 Å². The molecular formula is C27H33N3O3S. The molecule has 180 valence electrons. The van der Waals surface area contributed by atoms with E-state index in [4.69, 9.17) is 9.72 Å². The molecule has 1 saturated heterocycles. The van der Waals surface area contributed by atoms with E-state index in [0.29, 0.717) is 46.4 Å². The number of hydrogen-bond acceptors (Lipinski definition) is 5. The Bertz CT molecular complexity index is 1250. The molecule has 0 aliphatic carbocycles. The van der Waals surface area contributed by atoms with Gasteiger partial charge in [0.2, 0.25) is 0 Å². The summed E-state index contributed by atoms with van der Waals surface area (Å²) in [5.41, 5.74) is 4.64. The molecule has 0 saturated carbocycles. The van der Waals surface area contributed by atoms with Crippen molar-refractivity contribution >= 4 is 28.6 Å². The highest BCUT2D eigenvalue weighted by Crippen LogP contribution is 2.26. The van der Waals surface area contributed by atoms with Gasteiger partial charge in [-0.05, 0) is 61.9 Å². The molecule has 2 aromatic carbocycles. The van der Waals surface area contributed by atoms with Crippen LogP contribution in [0, 0.1) is 19.8 Å². The molecule has 1 aromatic heterocycles. The number of nitrogens with zero attached hydrogens (tertiary/aromatic N) is 2. The zero-order valence-corrected chi connectivity index (χ0v) is 21.2. The lowest BCUT2D eigenvalue weighted by molar-refractivity contribution is 0.0937. The van der Waals surface area contributed by atoms with E-state index in [1.54, 1.807) is 34.5 Å². The fourth-order valence-corrected chi connectivity index (χ4v) is 5.17. The summed E-state index contributed by atoms with van der Waals surface area (Å²) < 4.78 is 7.58. The minimum absolute atomic E-state index is 0.0260. The largest absolute Gasteiger partial charge is 0.376 e. The summed E-state index contributed by atoms with van der Waals surface area (Å²) in [4.78, 5) is 31.0. The van der Waals surface area contributed by atoms with Crippen LogP contribution in [0.3, 0.4) is 0 Å². The minimum Gasteiger partial charge on any atom is -0.376 e. The van der Waals surface area contributed by atoms with Crippen LogP contribution in [-0.2, 0) is 17.0 Å². The molecule has 3 aromatic rings. The lowest BCUT2D eigenvalue weighted by Gasteiger charge is -2.17. The van der Waals surface area contributed by atoms with Gasteiger partial charge in [-0.1, -0.05) is 49.4 Å². The van der Waals surface area contributed by atoms with Crippen molar-refractivity contribution in [2.75, 3.05) is 13.2 Å². The number of hydrogen-bond donors (Lipinski definition) is 1. The second-order valence-electron chi connectivity index (χ2n) is 9.50. The standard InChI is InChI=1S/C27H33N3O3S/c1-17(2)14-28-25(31)20-9-10-23-24(13-20)29-27(30(26(23)32)15-22-6-5-11-33-22)34-16-21-12-18(3)7-8-19(21)4/h7-10,12-13,17,22H,5-6,11,14-16H2,1-4H3,(H,28,31)/t22-/m1/s1. The first-order chi connectivity index (χ1) is 16.3. The molecule has 1 atom stereocenters. The average Bonchev–Trinajstić information content (AvgIpc) is 3.33. The zero-order chi connectivity index (χ0) is 24.2. The quantitative estimate of drug-likeness (QED) is 0.369. The third-order valence-corrected chi connectivity index (χ3v) is 7.15. The Morgan fingerprint density at radius 1 is 1.24 bits per heavy atom. The molecule has 0 bridgehead atoms. The normalized spacial score (nSPS) is 15.9. The van der Waals surface area contributed by atoms with E-state index in [1.807, 2.05) is 0 Å². The summed E-state index contributed by atoms with van der Waals surface area (Å²) in [6.45, 7) is 10.1. The van der Waals surface area contributed by atoms with Gasteiger partial charge in [0.1, 0.15) is 0 Å². The summed E-state index contributed by atoms with van der Waals surface area (Å²) in [5.74, 6) is 0.928. The Labute approximate surface area is 205 Å². The predicted molar refractivity (Wildman–Crippen MR) is 138 cm³/mol. The second kappa shape index (κ2) is 10.7. The van der Waals surface area contributed by atoms with E-state index in [2.05, 4.69) is 51.2 Å². The van der Waals surface area contributed by atoms with Crippen LogP contribution in [-0.4, -0.2) is 34.7 Å². The number of aryl methyl sites for hydroxylation is 2. The van der Waals surface area contributed by atoms with Gasteiger partial charge >= 0.3 is 0 Å². The molecule has 1 amide bonds. The third-order valence-electron chi connectivity index (χ3n) is 6.12. The molecule has 0 unspecified atom stereocenters. The molecule has 7 heteroatoms. The van der Waals surface area contributed by atoms with Gasteiger partial charge in [-0.2, -0.15) is 0 Å². The van der Waals surface area contributed by atoms with Gasteiger partial charge < -0.3 is 10.1 Å². The van der Waals surface area contributed by atoms with Crippen molar-refractivity contribution in [1.82, 2.24) is 14.9 Å². The number of fused-ring (bicyclic) bond motifs is 1. The lowest BCUT2D eigenvalue weighted by atomic mass is 10.1. The number of aromatic nitrogens is 2. The van der Waals surface area contributed by atoms with Crippen molar-refractivity contribution < 1.29 is 9.53 Å². The van der Waals surface area contributed by atoms with Crippen LogP contribution in [0.4, 0.5) is 0 Å². The van der Waals surface area contributed by atoms with E-state index in [1.165, 1.54) is 16.7 Å². The highest BCUT2D eigenvalue weighted by molar-refractivity contribution is 7.98. The minimum atomic E-state index is -0.148. The molecule has 4 rings (SSSR count). The van der Waals surface area contributed by atoms with Gasteiger partial charge in [-0.25, -0.2) is 4.98 Å². The number of carbonyl (C=O) groups is 1. The van der Waals surface area contributed by atoms with Crippen LogP contribution in [0.25, 0.3) is 10.9 Å². The van der Waals surface area contributed by atoms with Gasteiger partial charge in [0.05, 0.1) is 23.6 Å². The number of ether oxygens (including phenoxy) is 1. The van der Waals surface area contributed by atoms with E-state index in [9.17, 15) is 9.59 Å². The molecule has 2 heterocycles. The third kappa shape index (κ3) is 5.70. The molecule has 1 aliphatic heterocycles. The van der Waals surface area contributed by atoms with Crippen molar-refractivity contribution in [3.63, 3.8) is 0 Å². The van der Waals surface area contributed by atoms with E-state index in [-0.39, 0.29) is 17.6 Å². The van der Waals surface area contributed by atoms with Crippen LogP contribution < -0.4 is 10.9 Å². The molecule has 1 aliphatic rings. The fourth-order valence-electron chi connectivity index (χ4n) is 4.10. The highest BCUT2D eigenvalue weighted by atomic mass is 32.2. The van der Waals surface area contributed by atoms with Gasteiger partial charge in [0.25, 0.3) is 11.5 Å². The van der Waals surface area contributed by atoms with Gasteiger partial charge in [-0.3, -0.25) is 14.2 Å². The van der Waals surface area contributed by atoms with Crippen molar-refractivity contribution in [2.45, 2.75) is 64.1 Å². The highest BCUT2D eigenvalue weighted by Gasteiger charge is 2.21. The summed E-state index contributed by atoms with van der Waals surface area (Å²) in [5, 5.41) is 4.12. The Balaban J connectivity index is 1.70. The average molecular weight is 480 g/mol. The Morgan fingerprint density at radius 3 is 2.79 bits per heavy atom. The van der Waals surface area contributed by atoms with Crippen molar-refractivity contribution in [3.05, 3.63) is 69.0 Å². The molecule has 34 heavy (non-hydrogen) atoms. The number of carbonyl (C=O) groups excluding carboxylic acids is 1. The number of nitrogens with one attached hydrogen (secondary N) is 1. The second-order valence-corrected chi connectivity index (χ2v) is 10.4. The monoisotopic (exact) mass is 479 g/mol. The first-order valence-electron chi connectivity index (χ1n) is 11.9. The lowest BCUT2D eigenvalue weighted by Crippen LogP contribution is -2.29. The maximum Gasteiger partial charge on any atom is 0.262 e. The number of amides is 1. The van der Waals surface area contributed by atoms with Gasteiger partial charge in [0, 0.05) is 24.5 Å². The molecule has 0 spiro atoms. The summed E-state index contributed by atoms with van der Waals surface area (Å²) >= 11 is 1.56. The van der Waals surface area contributed by atoms with Crippen LogP contribution in [0.5, 0.6) is 0 Å². The van der Waals surface area contributed by atoms with Crippen LogP contribution >= 0.6 is 11.8 Å². The van der Waals surface area contributed by atoms with Crippen LogP contribution in [0.15, 0.2) is 46.3 Å². The van der Waals surface area contributed by atoms with Crippen molar-refractivity contribution in [3.8, 4) is 0 Å². The van der Waals surface area contributed by atoms with Crippen molar-refractivity contribution in [1.29, 1.82) is 0 Å². The number of thioether (sulfide) groups is 1. The number of benzene rings is 2. The Hall–Kier alpha value is -2.64. The molecule has 6 nitrogen and oxygen atoms in total. The van der Waals surface area contributed by atoms with Crippen molar-refractivity contribution in [2.24, 2.45) is 5.92 Å². The topological polar surface area (TPSA) is 73.2 Å². The SMILES string of the molecule is Cc1ccc(C)c(CSc2nc3cc(C(=O)NCC(C)C)ccc3c(=O)n2C[C@H]2CCCO2)c1. The Kier molecular flexibility index (Phi) is 7.73. The predicted octanol–water partition coefficient (Wildman–Crippen LogP) is 4.87. The Morgan fingerprint density at radius 2 is 2.06 bits per heavy atom. The maximum atomic E-state index is 13.5. The number of rotatable bonds is 8. The molecule has 1 N–H and O–H groups in total. The van der Waals surface area contributed by atoms with Gasteiger partial charge in [-0.15, -0.1) is 0 Å². The summed E-state index contributed by atoms with van der Waals surface area (Å²) in [6, 6.07) is 11.6. The molecular weight excluding hydrogens is 446 g/mol. The van der Waals surface area contributed by atoms with Gasteiger partial charge in [0.15, 0.2) is 5.16 Å². The van der Waals surface area contributed by atoms with E-state index >= 15 is 0 Å². The fraction of sp³-hybridized carbons (Fsp3) is 0.444. The first-order valence-corrected chi connectivity index (χ1v) is 12.9. The summed E-state index contributed by atoms with van der Waals surface area (Å²) in [7, 11) is 0. The summed E-state index contributed by atoms with van der Waals surface area (Å²) in [6.07, 6.45) is 1.99.